The summed E-state index contributed by atoms with van der Waals surface area (Å²) in [6.45, 7) is 3.77. The van der Waals surface area contributed by atoms with Crippen LogP contribution < -0.4 is 4.57 Å². The van der Waals surface area contributed by atoms with Gasteiger partial charge in [-0.3, -0.25) is 0 Å². The molecule has 0 saturated heterocycles. The maximum absolute atomic E-state index is 7.27. The zero-order valence-electron chi connectivity index (χ0n) is 11.8. The fraction of sp³-hybridized carbons (Fsp3) is 0.688. The standard InChI is InChI=1S/C16H28N2/c1-2-3-4-5-6-7-8-9-12-18-13-10-16(15-17)11-14-18/h10-11,13-14,17H,2-9,12,15H2,1H3. The van der Waals surface area contributed by atoms with E-state index in [1.54, 1.807) is 0 Å². The second kappa shape index (κ2) is 10.1. The number of rotatable bonds is 10. The lowest BCUT2D eigenvalue weighted by atomic mass is 10.1. The largest absolute Gasteiger partial charge is 0.674 e. The molecule has 0 spiro atoms. The van der Waals surface area contributed by atoms with Gasteiger partial charge in [-0.2, -0.15) is 0 Å². The molecule has 2 heteroatoms. The van der Waals surface area contributed by atoms with Crippen LogP contribution in [-0.4, -0.2) is 0 Å². The predicted octanol–water partition coefficient (Wildman–Crippen LogP) is 4.67. The number of nitrogens with zero attached hydrogens (tertiary/aromatic N) is 1. The van der Waals surface area contributed by atoms with E-state index < -0.39 is 0 Å². The van der Waals surface area contributed by atoms with E-state index in [1.807, 2.05) is 0 Å². The molecule has 18 heavy (non-hydrogen) atoms. The highest BCUT2D eigenvalue weighted by Gasteiger charge is 1.99. The van der Waals surface area contributed by atoms with Gasteiger partial charge in [-0.05, 0) is 6.42 Å². The highest BCUT2D eigenvalue weighted by molar-refractivity contribution is 5.08. The first kappa shape index (κ1) is 15.2. The van der Waals surface area contributed by atoms with E-state index in [-0.39, 0.29) is 0 Å². The Balaban J connectivity index is 2.00. The Bertz CT molecular complexity index is 292. The summed E-state index contributed by atoms with van der Waals surface area (Å²) in [5, 5.41) is 0. The number of nitrogens with one attached hydrogen (secondary N) is 1. The van der Waals surface area contributed by atoms with Crippen LogP contribution in [0.5, 0.6) is 0 Å². The van der Waals surface area contributed by atoms with E-state index >= 15 is 0 Å². The van der Waals surface area contributed by atoms with Crippen LogP contribution in [-0.2, 0) is 13.1 Å². The summed E-state index contributed by atoms with van der Waals surface area (Å²) in [4.78, 5) is 0. The molecule has 0 unspecified atom stereocenters. The van der Waals surface area contributed by atoms with Crippen molar-refractivity contribution in [3.8, 4) is 0 Å². The molecule has 0 saturated carbocycles. The third-order valence-electron chi connectivity index (χ3n) is 3.43. The molecule has 0 bridgehead atoms. The molecular weight excluding hydrogens is 220 g/mol. The number of aromatic nitrogens is 1. The lowest BCUT2D eigenvalue weighted by Gasteiger charge is -2.02. The molecule has 102 valence electrons. The first-order chi connectivity index (χ1) is 8.86. The van der Waals surface area contributed by atoms with Gasteiger partial charge in [-0.1, -0.05) is 51.0 Å². The van der Waals surface area contributed by atoms with Gasteiger partial charge in [0.25, 0.3) is 0 Å². The summed E-state index contributed by atoms with van der Waals surface area (Å²) in [7, 11) is 0. The van der Waals surface area contributed by atoms with Crippen LogP contribution in [0.3, 0.4) is 0 Å². The molecule has 1 rings (SSSR count). The monoisotopic (exact) mass is 248 g/mol. The number of unbranched alkanes of at least 4 members (excludes halogenated alkanes) is 7. The first-order valence-corrected chi connectivity index (χ1v) is 7.49. The molecule has 0 fully saturated rings. The van der Waals surface area contributed by atoms with Gasteiger partial charge in [0.15, 0.2) is 12.4 Å². The molecule has 1 aromatic heterocycles. The fourth-order valence-electron chi connectivity index (χ4n) is 2.18. The molecule has 0 aliphatic rings. The third kappa shape index (κ3) is 6.75. The summed E-state index contributed by atoms with van der Waals surface area (Å²) >= 11 is 0. The van der Waals surface area contributed by atoms with E-state index in [2.05, 4.69) is 36.0 Å². The van der Waals surface area contributed by atoms with Crippen LogP contribution in [0.2, 0.25) is 0 Å². The molecular formula is C16H28N2. The minimum Gasteiger partial charge on any atom is -0.674 e. The van der Waals surface area contributed by atoms with Crippen LogP contribution in [0.1, 0.15) is 63.9 Å². The van der Waals surface area contributed by atoms with Gasteiger partial charge < -0.3 is 5.73 Å². The molecule has 1 N–H and O–H groups in total. The lowest BCUT2D eigenvalue weighted by Crippen LogP contribution is -2.32. The molecule has 0 aliphatic carbocycles. The van der Waals surface area contributed by atoms with Crippen molar-refractivity contribution in [2.75, 3.05) is 0 Å². The van der Waals surface area contributed by atoms with Gasteiger partial charge in [-0.25, -0.2) is 4.57 Å². The van der Waals surface area contributed by atoms with Gasteiger partial charge in [-0.15, -0.1) is 6.54 Å². The zero-order chi connectivity index (χ0) is 13.1. The Kier molecular flexibility index (Phi) is 8.49. The van der Waals surface area contributed by atoms with Crippen LogP contribution in [0, 0.1) is 0 Å². The summed E-state index contributed by atoms with van der Waals surface area (Å²) in [5.41, 5.74) is 8.37. The number of hydrogen-bond donors (Lipinski definition) is 0. The maximum Gasteiger partial charge on any atom is 0.168 e. The van der Waals surface area contributed by atoms with Crippen molar-refractivity contribution in [3.05, 3.63) is 35.8 Å². The zero-order valence-corrected chi connectivity index (χ0v) is 11.8. The summed E-state index contributed by atoms with van der Waals surface area (Å²) < 4.78 is 2.23. The van der Waals surface area contributed by atoms with Crippen molar-refractivity contribution < 1.29 is 4.57 Å². The van der Waals surface area contributed by atoms with E-state index in [1.165, 1.54) is 51.4 Å². The second-order valence-electron chi connectivity index (χ2n) is 5.10. The van der Waals surface area contributed by atoms with Crippen LogP contribution in [0.25, 0.3) is 5.73 Å². The summed E-state index contributed by atoms with van der Waals surface area (Å²) in [6, 6.07) is 4.11. The number of hydrogen-bond acceptors (Lipinski definition) is 0. The van der Waals surface area contributed by atoms with Crippen LogP contribution in [0.15, 0.2) is 24.5 Å². The van der Waals surface area contributed by atoms with Crippen molar-refractivity contribution in [2.45, 2.75) is 71.4 Å². The Hall–Kier alpha value is -0.890. The Morgan fingerprint density at radius 2 is 1.44 bits per heavy atom. The minimum absolute atomic E-state index is 0.387. The van der Waals surface area contributed by atoms with Crippen LogP contribution >= 0.6 is 0 Å². The topological polar surface area (TPSA) is 27.7 Å². The molecule has 1 heterocycles. The van der Waals surface area contributed by atoms with Crippen molar-refractivity contribution >= 4 is 0 Å². The quantitative estimate of drug-likeness (QED) is 0.425. The average molecular weight is 248 g/mol. The first-order valence-electron chi connectivity index (χ1n) is 7.49. The van der Waals surface area contributed by atoms with E-state index in [0.717, 1.165) is 12.1 Å². The van der Waals surface area contributed by atoms with Crippen molar-refractivity contribution in [3.63, 3.8) is 0 Å². The molecule has 1 aromatic rings. The maximum atomic E-state index is 7.27. The molecule has 0 aromatic carbocycles. The summed E-state index contributed by atoms with van der Waals surface area (Å²) in [6.07, 6.45) is 15.2. The molecule has 0 amide bonds. The highest BCUT2D eigenvalue weighted by atomic mass is 14.9. The van der Waals surface area contributed by atoms with Gasteiger partial charge in [0.2, 0.25) is 0 Å². The lowest BCUT2D eigenvalue weighted by molar-refractivity contribution is -0.697. The minimum atomic E-state index is 0.387. The van der Waals surface area contributed by atoms with Crippen molar-refractivity contribution in [1.29, 1.82) is 0 Å². The SMILES string of the molecule is CCCCCCCCCC[n+]1ccc(C[NH-])cc1. The van der Waals surface area contributed by atoms with Gasteiger partial charge in [0.1, 0.15) is 6.54 Å². The second-order valence-corrected chi connectivity index (χ2v) is 5.10. The third-order valence-corrected chi connectivity index (χ3v) is 3.43. The number of aryl methyl sites for hydroxylation is 1. The molecule has 0 radical (unpaired) electrons. The Labute approximate surface area is 112 Å². The molecule has 0 atom stereocenters. The number of pyridine rings is 1. The van der Waals surface area contributed by atoms with E-state index in [4.69, 9.17) is 5.73 Å². The average Bonchev–Trinajstić information content (AvgIpc) is 2.42. The normalized spacial score (nSPS) is 10.8. The van der Waals surface area contributed by atoms with Gasteiger partial charge >= 0.3 is 0 Å². The smallest absolute Gasteiger partial charge is 0.168 e. The highest BCUT2D eigenvalue weighted by Crippen LogP contribution is 2.08. The molecule has 0 aliphatic heterocycles. The summed E-state index contributed by atoms with van der Waals surface area (Å²) in [5.74, 6) is 0. The van der Waals surface area contributed by atoms with Crippen molar-refractivity contribution in [1.82, 2.24) is 0 Å². The van der Waals surface area contributed by atoms with Gasteiger partial charge in [0.05, 0.1) is 0 Å². The van der Waals surface area contributed by atoms with Crippen LogP contribution in [0.4, 0.5) is 0 Å². The van der Waals surface area contributed by atoms with Gasteiger partial charge in [0, 0.05) is 18.6 Å². The Morgan fingerprint density at radius 1 is 0.889 bits per heavy atom. The van der Waals surface area contributed by atoms with E-state index in [9.17, 15) is 0 Å². The van der Waals surface area contributed by atoms with Crippen molar-refractivity contribution in [2.24, 2.45) is 0 Å². The van der Waals surface area contributed by atoms with E-state index in [0.29, 0.717) is 6.54 Å². The Morgan fingerprint density at radius 3 is 2.00 bits per heavy atom. The predicted molar refractivity (Wildman–Crippen MR) is 77.3 cm³/mol. The fourth-order valence-corrected chi connectivity index (χ4v) is 2.18. The molecule has 2 nitrogen and oxygen atoms in total.